The zero-order chi connectivity index (χ0) is 16.9. The molecule has 0 fully saturated rings. The largest absolute Gasteiger partial charge is 0.333 e. The van der Waals surface area contributed by atoms with Gasteiger partial charge >= 0.3 is 0 Å². The molecule has 1 aromatic carbocycles. The maximum absolute atomic E-state index is 12.7. The number of aromatic nitrogens is 3. The molecule has 2 heterocycles. The summed E-state index contributed by atoms with van der Waals surface area (Å²) < 4.78 is 0. The Morgan fingerprint density at radius 3 is 2.88 bits per heavy atom. The summed E-state index contributed by atoms with van der Waals surface area (Å²) in [4.78, 5) is 27.2. The fraction of sp³-hybridized carbons (Fsp3) is 0.222. The first-order valence-corrected chi connectivity index (χ1v) is 8.62. The molecule has 0 spiro atoms. The van der Waals surface area contributed by atoms with Gasteiger partial charge in [0, 0.05) is 30.9 Å². The van der Waals surface area contributed by atoms with Gasteiger partial charge in [-0.15, -0.1) is 11.3 Å². The minimum atomic E-state index is -0.0644. The van der Waals surface area contributed by atoms with E-state index in [1.807, 2.05) is 19.1 Å². The summed E-state index contributed by atoms with van der Waals surface area (Å²) >= 11 is 1.41. The van der Waals surface area contributed by atoms with Gasteiger partial charge in [-0.05, 0) is 19.4 Å². The number of rotatable bonds is 5. The molecule has 0 atom stereocenters. The number of amides is 1. The van der Waals surface area contributed by atoms with Crippen LogP contribution in [0.1, 0.15) is 28.5 Å². The van der Waals surface area contributed by atoms with Gasteiger partial charge in [-0.2, -0.15) is 0 Å². The van der Waals surface area contributed by atoms with Crippen LogP contribution in [0.3, 0.4) is 0 Å². The highest BCUT2D eigenvalue weighted by molar-refractivity contribution is 7.13. The Hall–Kier alpha value is -2.60. The lowest BCUT2D eigenvalue weighted by Gasteiger charge is -2.20. The van der Waals surface area contributed by atoms with Crippen LogP contribution in [-0.4, -0.2) is 32.3 Å². The number of nitrogens with zero attached hydrogens (tertiary/aromatic N) is 4. The van der Waals surface area contributed by atoms with Crippen molar-refractivity contribution in [1.29, 1.82) is 0 Å². The summed E-state index contributed by atoms with van der Waals surface area (Å²) in [6.07, 6.45) is 4.88. The maximum Gasteiger partial charge on any atom is 0.273 e. The number of thiazole rings is 1. The van der Waals surface area contributed by atoms with Crippen LogP contribution in [0.2, 0.25) is 0 Å². The van der Waals surface area contributed by atoms with Crippen LogP contribution in [0, 0.1) is 6.92 Å². The van der Waals surface area contributed by atoms with Crippen molar-refractivity contribution in [3.8, 4) is 10.7 Å². The molecule has 122 valence electrons. The molecule has 0 radical (unpaired) electrons. The highest BCUT2D eigenvalue weighted by atomic mass is 32.1. The fourth-order valence-corrected chi connectivity index (χ4v) is 3.17. The molecule has 0 aliphatic rings. The lowest BCUT2D eigenvalue weighted by molar-refractivity contribution is 0.0747. The SMILES string of the molecule is CCN(Cc1cccc(C)c1)C(=O)c1csc(-c2cnccn2)n1. The summed E-state index contributed by atoms with van der Waals surface area (Å²) in [5.74, 6) is -0.0644. The Morgan fingerprint density at radius 2 is 2.17 bits per heavy atom. The molecule has 0 aliphatic carbocycles. The van der Waals surface area contributed by atoms with Crippen molar-refractivity contribution in [3.63, 3.8) is 0 Å². The third kappa shape index (κ3) is 3.65. The topological polar surface area (TPSA) is 59.0 Å². The minimum Gasteiger partial charge on any atom is -0.333 e. The molecular weight excluding hydrogens is 320 g/mol. The Balaban J connectivity index is 1.78. The normalized spacial score (nSPS) is 10.6. The fourth-order valence-electron chi connectivity index (χ4n) is 2.42. The van der Waals surface area contributed by atoms with E-state index in [4.69, 9.17) is 0 Å². The molecule has 0 unspecified atom stereocenters. The Kier molecular flexibility index (Phi) is 4.96. The molecule has 6 heteroatoms. The van der Waals surface area contributed by atoms with E-state index >= 15 is 0 Å². The van der Waals surface area contributed by atoms with E-state index < -0.39 is 0 Å². The molecule has 0 aliphatic heterocycles. The average molecular weight is 338 g/mol. The number of carbonyl (C=O) groups is 1. The quantitative estimate of drug-likeness (QED) is 0.713. The van der Waals surface area contributed by atoms with Crippen LogP contribution >= 0.6 is 11.3 Å². The van der Waals surface area contributed by atoms with Crippen molar-refractivity contribution < 1.29 is 4.79 Å². The highest BCUT2D eigenvalue weighted by Crippen LogP contribution is 2.22. The first kappa shape index (κ1) is 16.3. The zero-order valence-corrected chi connectivity index (χ0v) is 14.5. The predicted molar refractivity (Wildman–Crippen MR) is 94.7 cm³/mol. The van der Waals surface area contributed by atoms with Gasteiger partial charge in [0.05, 0.1) is 6.20 Å². The molecule has 0 bridgehead atoms. The molecule has 3 aromatic rings. The van der Waals surface area contributed by atoms with E-state index in [9.17, 15) is 4.79 Å². The van der Waals surface area contributed by atoms with Crippen LogP contribution in [0.4, 0.5) is 0 Å². The third-order valence-electron chi connectivity index (χ3n) is 3.63. The van der Waals surface area contributed by atoms with E-state index in [-0.39, 0.29) is 5.91 Å². The molecular formula is C18H18N4OS. The highest BCUT2D eigenvalue weighted by Gasteiger charge is 2.18. The number of hydrogen-bond acceptors (Lipinski definition) is 5. The predicted octanol–water partition coefficient (Wildman–Crippen LogP) is 3.57. The van der Waals surface area contributed by atoms with Crippen molar-refractivity contribution in [2.45, 2.75) is 20.4 Å². The maximum atomic E-state index is 12.7. The molecule has 0 saturated heterocycles. The molecule has 3 rings (SSSR count). The van der Waals surface area contributed by atoms with E-state index in [0.29, 0.717) is 29.5 Å². The molecule has 2 aromatic heterocycles. The third-order valence-corrected chi connectivity index (χ3v) is 4.50. The summed E-state index contributed by atoms with van der Waals surface area (Å²) in [6, 6.07) is 8.20. The lowest BCUT2D eigenvalue weighted by atomic mass is 10.1. The molecule has 5 nitrogen and oxygen atoms in total. The minimum absolute atomic E-state index is 0.0644. The zero-order valence-electron chi connectivity index (χ0n) is 13.6. The number of aryl methyl sites for hydroxylation is 1. The average Bonchev–Trinajstić information content (AvgIpc) is 3.10. The monoisotopic (exact) mass is 338 g/mol. The standard InChI is InChI=1S/C18H18N4OS/c1-3-22(11-14-6-4-5-13(2)9-14)18(23)16-12-24-17(21-16)15-10-19-7-8-20-15/h4-10,12H,3,11H2,1-2H3. The molecule has 0 N–H and O–H groups in total. The summed E-state index contributed by atoms with van der Waals surface area (Å²) in [5, 5.41) is 2.49. The van der Waals surface area contributed by atoms with Crippen molar-refractivity contribution in [2.75, 3.05) is 6.54 Å². The summed E-state index contributed by atoms with van der Waals surface area (Å²) in [5.41, 5.74) is 3.45. The second kappa shape index (κ2) is 7.31. The molecule has 24 heavy (non-hydrogen) atoms. The number of benzene rings is 1. The first-order valence-electron chi connectivity index (χ1n) is 7.74. The Bertz CT molecular complexity index is 832. The molecule has 1 amide bonds. The van der Waals surface area contributed by atoms with Crippen LogP contribution in [0.15, 0.2) is 48.2 Å². The van der Waals surface area contributed by atoms with Gasteiger partial charge in [-0.1, -0.05) is 29.8 Å². The Morgan fingerprint density at radius 1 is 1.29 bits per heavy atom. The Labute approximate surface area is 145 Å². The van der Waals surface area contributed by atoms with Crippen LogP contribution in [0.5, 0.6) is 0 Å². The van der Waals surface area contributed by atoms with Crippen molar-refractivity contribution in [2.24, 2.45) is 0 Å². The number of carbonyl (C=O) groups excluding carboxylic acids is 1. The van der Waals surface area contributed by atoms with Crippen molar-refractivity contribution in [3.05, 3.63) is 65.1 Å². The van der Waals surface area contributed by atoms with Crippen LogP contribution in [0.25, 0.3) is 10.7 Å². The van der Waals surface area contributed by atoms with Gasteiger partial charge in [0.1, 0.15) is 16.4 Å². The van der Waals surface area contributed by atoms with E-state index in [2.05, 4.69) is 34.0 Å². The van der Waals surface area contributed by atoms with Crippen LogP contribution < -0.4 is 0 Å². The second-order valence-electron chi connectivity index (χ2n) is 5.44. The van der Waals surface area contributed by atoms with Gasteiger partial charge in [0.25, 0.3) is 5.91 Å². The van der Waals surface area contributed by atoms with Gasteiger partial charge in [-0.3, -0.25) is 14.8 Å². The van der Waals surface area contributed by atoms with Gasteiger partial charge in [0.15, 0.2) is 0 Å². The van der Waals surface area contributed by atoms with Gasteiger partial charge < -0.3 is 4.90 Å². The van der Waals surface area contributed by atoms with Crippen molar-refractivity contribution >= 4 is 17.2 Å². The number of hydrogen-bond donors (Lipinski definition) is 0. The van der Waals surface area contributed by atoms with E-state index in [1.165, 1.54) is 16.9 Å². The van der Waals surface area contributed by atoms with Gasteiger partial charge in [0.2, 0.25) is 0 Å². The first-order chi connectivity index (χ1) is 11.7. The lowest BCUT2D eigenvalue weighted by Crippen LogP contribution is -2.30. The summed E-state index contributed by atoms with van der Waals surface area (Å²) in [6.45, 7) is 5.23. The van der Waals surface area contributed by atoms with Gasteiger partial charge in [-0.25, -0.2) is 4.98 Å². The summed E-state index contributed by atoms with van der Waals surface area (Å²) in [7, 11) is 0. The smallest absolute Gasteiger partial charge is 0.273 e. The van der Waals surface area contributed by atoms with E-state index in [0.717, 1.165) is 5.56 Å². The van der Waals surface area contributed by atoms with Crippen molar-refractivity contribution in [1.82, 2.24) is 19.9 Å². The molecule has 0 saturated carbocycles. The van der Waals surface area contributed by atoms with E-state index in [1.54, 1.807) is 28.9 Å². The second-order valence-corrected chi connectivity index (χ2v) is 6.30. The van der Waals surface area contributed by atoms with Crippen LogP contribution in [-0.2, 0) is 6.54 Å².